The maximum absolute atomic E-state index is 11.3. The van der Waals surface area contributed by atoms with Crippen LogP contribution in [0.25, 0.3) is 0 Å². The van der Waals surface area contributed by atoms with E-state index in [1.165, 1.54) is 19.4 Å². The lowest BCUT2D eigenvalue weighted by atomic mass is 10.0. The van der Waals surface area contributed by atoms with Gasteiger partial charge in [0.05, 0.1) is 6.04 Å². The molecule has 0 unspecified atom stereocenters. The second-order valence-electron chi connectivity index (χ2n) is 4.24. The highest BCUT2D eigenvalue weighted by atomic mass is 16.2. The van der Waals surface area contributed by atoms with Crippen LogP contribution in [0.2, 0.25) is 0 Å². The van der Waals surface area contributed by atoms with E-state index in [4.69, 9.17) is 0 Å². The Balaban J connectivity index is 2.37. The minimum absolute atomic E-state index is 0.0215. The van der Waals surface area contributed by atoms with Crippen LogP contribution in [0.15, 0.2) is 30.3 Å². The number of Topliss-reactive ketones (excluding diaryl/α,β-unsaturated/α-hetero) is 1. The molecule has 1 atom stereocenters. The molecule has 0 aromatic heterocycles. The summed E-state index contributed by atoms with van der Waals surface area (Å²) in [5.41, 5.74) is 1.26. The van der Waals surface area contributed by atoms with Crippen molar-refractivity contribution >= 4 is 11.7 Å². The fourth-order valence-corrected chi connectivity index (χ4v) is 1.78. The third kappa shape index (κ3) is 5.29. The summed E-state index contributed by atoms with van der Waals surface area (Å²) in [6, 6.07) is 9.80. The molecule has 17 heavy (non-hydrogen) atoms. The molecule has 0 saturated heterocycles. The molecule has 0 aliphatic carbocycles. The quantitative estimate of drug-likeness (QED) is 0.818. The summed E-state index contributed by atoms with van der Waals surface area (Å²) < 4.78 is 0. The van der Waals surface area contributed by atoms with Gasteiger partial charge in [-0.05, 0) is 31.7 Å². The van der Waals surface area contributed by atoms with Crippen LogP contribution >= 0.6 is 0 Å². The van der Waals surface area contributed by atoms with Crippen LogP contribution in [0.5, 0.6) is 0 Å². The first-order valence-corrected chi connectivity index (χ1v) is 5.91. The second-order valence-corrected chi connectivity index (χ2v) is 4.24. The van der Waals surface area contributed by atoms with Crippen molar-refractivity contribution in [3.63, 3.8) is 0 Å². The van der Waals surface area contributed by atoms with Crippen LogP contribution in [0.1, 0.15) is 32.3 Å². The van der Waals surface area contributed by atoms with E-state index in [0.29, 0.717) is 6.42 Å². The lowest BCUT2D eigenvalue weighted by molar-refractivity contribution is -0.125. The third-order valence-electron chi connectivity index (χ3n) is 2.67. The van der Waals surface area contributed by atoms with E-state index in [2.05, 4.69) is 17.4 Å². The van der Waals surface area contributed by atoms with E-state index >= 15 is 0 Å². The molecule has 0 fully saturated rings. The highest BCUT2D eigenvalue weighted by Crippen LogP contribution is 2.07. The number of hydrogen-bond donors (Lipinski definition) is 1. The minimum atomic E-state index is -0.337. The van der Waals surface area contributed by atoms with Gasteiger partial charge in [-0.15, -0.1) is 0 Å². The Morgan fingerprint density at radius 3 is 2.35 bits per heavy atom. The fraction of sp³-hybridized carbons (Fsp3) is 0.429. The zero-order chi connectivity index (χ0) is 12.7. The van der Waals surface area contributed by atoms with E-state index in [1.807, 2.05) is 18.2 Å². The Morgan fingerprint density at radius 1 is 1.18 bits per heavy atom. The average molecular weight is 233 g/mol. The van der Waals surface area contributed by atoms with Crippen molar-refractivity contribution in [2.24, 2.45) is 0 Å². The molecule has 3 heteroatoms. The zero-order valence-corrected chi connectivity index (χ0v) is 10.4. The summed E-state index contributed by atoms with van der Waals surface area (Å²) in [5, 5.41) is 2.68. The molecule has 1 N–H and O–H groups in total. The fourth-order valence-electron chi connectivity index (χ4n) is 1.78. The summed E-state index contributed by atoms with van der Waals surface area (Å²) in [6.07, 6.45) is 2.53. The summed E-state index contributed by atoms with van der Waals surface area (Å²) >= 11 is 0. The van der Waals surface area contributed by atoms with Crippen molar-refractivity contribution in [1.29, 1.82) is 0 Å². The van der Waals surface area contributed by atoms with Crippen LogP contribution < -0.4 is 5.32 Å². The van der Waals surface area contributed by atoms with Gasteiger partial charge in [-0.1, -0.05) is 30.3 Å². The van der Waals surface area contributed by atoms with Gasteiger partial charge in [-0.25, -0.2) is 0 Å². The van der Waals surface area contributed by atoms with E-state index in [9.17, 15) is 9.59 Å². The Morgan fingerprint density at radius 2 is 1.82 bits per heavy atom. The van der Waals surface area contributed by atoms with E-state index < -0.39 is 0 Å². The first-order chi connectivity index (χ1) is 8.09. The van der Waals surface area contributed by atoms with Crippen LogP contribution in [0, 0.1) is 0 Å². The van der Waals surface area contributed by atoms with Gasteiger partial charge >= 0.3 is 0 Å². The van der Waals surface area contributed by atoms with E-state index in [1.54, 1.807) is 0 Å². The molecule has 0 bridgehead atoms. The zero-order valence-electron chi connectivity index (χ0n) is 10.4. The highest BCUT2D eigenvalue weighted by molar-refractivity contribution is 5.86. The maximum atomic E-state index is 11.3. The number of ketones is 1. The number of carbonyl (C=O) groups is 2. The number of benzene rings is 1. The summed E-state index contributed by atoms with van der Waals surface area (Å²) in [6.45, 7) is 2.95. The summed E-state index contributed by atoms with van der Waals surface area (Å²) in [7, 11) is 0. The molecule has 0 aliphatic rings. The number of nitrogens with one attached hydrogen (secondary N) is 1. The Labute approximate surface area is 102 Å². The van der Waals surface area contributed by atoms with Crippen molar-refractivity contribution in [3.8, 4) is 0 Å². The largest absolute Gasteiger partial charge is 0.347 e. The molecule has 0 spiro atoms. The van der Waals surface area contributed by atoms with Crippen molar-refractivity contribution in [1.82, 2.24) is 5.32 Å². The van der Waals surface area contributed by atoms with E-state index in [-0.39, 0.29) is 17.7 Å². The smallest absolute Gasteiger partial charge is 0.217 e. The van der Waals surface area contributed by atoms with Crippen molar-refractivity contribution in [2.45, 2.75) is 39.2 Å². The molecule has 0 aliphatic heterocycles. The number of carbonyl (C=O) groups excluding carboxylic acids is 2. The minimum Gasteiger partial charge on any atom is -0.347 e. The first kappa shape index (κ1) is 13.4. The molecular formula is C14H19NO2. The molecule has 92 valence electrons. The molecular weight excluding hydrogens is 214 g/mol. The van der Waals surface area contributed by atoms with E-state index in [0.717, 1.165) is 12.8 Å². The van der Waals surface area contributed by atoms with Gasteiger partial charge in [0.15, 0.2) is 5.78 Å². The van der Waals surface area contributed by atoms with Gasteiger partial charge in [0.2, 0.25) is 5.91 Å². The Bertz CT molecular complexity index is 373. The van der Waals surface area contributed by atoms with Gasteiger partial charge in [0.1, 0.15) is 0 Å². The lowest BCUT2D eigenvalue weighted by Crippen LogP contribution is -2.38. The molecule has 1 rings (SSSR count). The lowest BCUT2D eigenvalue weighted by Gasteiger charge is -2.14. The monoisotopic (exact) mass is 233 g/mol. The number of rotatable bonds is 6. The number of hydrogen-bond acceptors (Lipinski definition) is 2. The van der Waals surface area contributed by atoms with Gasteiger partial charge in [0.25, 0.3) is 0 Å². The Hall–Kier alpha value is -1.64. The molecule has 0 radical (unpaired) electrons. The van der Waals surface area contributed by atoms with Gasteiger partial charge < -0.3 is 5.32 Å². The average Bonchev–Trinajstić information content (AvgIpc) is 2.28. The molecule has 1 aromatic carbocycles. The Kier molecular flexibility index (Phi) is 5.40. The number of amides is 1. The predicted molar refractivity (Wildman–Crippen MR) is 67.7 cm³/mol. The number of aryl methyl sites for hydroxylation is 1. The maximum Gasteiger partial charge on any atom is 0.217 e. The standard InChI is InChI=1S/C14H19NO2/c1-11(16)14(15-12(2)17)10-6-9-13-7-4-3-5-8-13/h3-5,7-8,14H,6,9-10H2,1-2H3,(H,15,17)/t14-/m0/s1. The molecule has 0 saturated carbocycles. The van der Waals surface area contributed by atoms with Crippen LogP contribution in [0.3, 0.4) is 0 Å². The van der Waals surface area contributed by atoms with Gasteiger partial charge in [0, 0.05) is 6.92 Å². The predicted octanol–water partition coefficient (Wildman–Crippen LogP) is 2.10. The van der Waals surface area contributed by atoms with Crippen LogP contribution in [0.4, 0.5) is 0 Å². The van der Waals surface area contributed by atoms with Gasteiger partial charge in [-0.3, -0.25) is 9.59 Å². The second kappa shape index (κ2) is 6.84. The molecule has 3 nitrogen and oxygen atoms in total. The van der Waals surface area contributed by atoms with Crippen LogP contribution in [-0.2, 0) is 16.0 Å². The topological polar surface area (TPSA) is 46.2 Å². The summed E-state index contributed by atoms with van der Waals surface area (Å²) in [4.78, 5) is 22.2. The molecule has 1 aromatic rings. The first-order valence-electron chi connectivity index (χ1n) is 5.91. The molecule has 1 amide bonds. The third-order valence-corrected chi connectivity index (χ3v) is 2.67. The van der Waals surface area contributed by atoms with Gasteiger partial charge in [-0.2, -0.15) is 0 Å². The highest BCUT2D eigenvalue weighted by Gasteiger charge is 2.14. The molecule has 0 heterocycles. The van der Waals surface area contributed by atoms with Crippen molar-refractivity contribution in [3.05, 3.63) is 35.9 Å². The SMILES string of the molecule is CC(=O)N[C@@H](CCCc1ccccc1)C(C)=O. The van der Waals surface area contributed by atoms with Crippen molar-refractivity contribution in [2.75, 3.05) is 0 Å². The summed E-state index contributed by atoms with van der Waals surface area (Å²) in [5.74, 6) is -0.127. The van der Waals surface area contributed by atoms with Crippen LogP contribution in [-0.4, -0.2) is 17.7 Å². The normalized spacial score (nSPS) is 11.9. The van der Waals surface area contributed by atoms with Crippen molar-refractivity contribution < 1.29 is 9.59 Å².